The van der Waals surface area contributed by atoms with E-state index in [4.69, 9.17) is 4.74 Å². The van der Waals surface area contributed by atoms with E-state index >= 15 is 0 Å². The van der Waals surface area contributed by atoms with Gasteiger partial charge in [-0.3, -0.25) is 14.4 Å². The van der Waals surface area contributed by atoms with Crippen LogP contribution in [0.2, 0.25) is 0 Å². The lowest BCUT2D eigenvalue weighted by molar-refractivity contribution is -0.148. The normalized spacial score (nSPS) is 15.0. The van der Waals surface area contributed by atoms with Crippen molar-refractivity contribution in [3.63, 3.8) is 0 Å². The monoisotopic (exact) mass is 317 g/mol. The van der Waals surface area contributed by atoms with Gasteiger partial charge in [-0.15, -0.1) is 0 Å². The summed E-state index contributed by atoms with van der Waals surface area (Å²) in [5, 5.41) is 2.64. The average Bonchev–Trinajstić information content (AvgIpc) is 2.54. The predicted octanol–water partition coefficient (Wildman–Crippen LogP) is 3.34. The second-order valence-electron chi connectivity index (χ2n) is 6.05. The molecule has 0 aromatic heterocycles. The third-order valence-corrected chi connectivity index (χ3v) is 4.12. The van der Waals surface area contributed by atoms with Gasteiger partial charge < -0.3 is 10.1 Å². The highest BCUT2D eigenvalue weighted by atomic mass is 16.5. The lowest BCUT2D eigenvalue weighted by Crippen LogP contribution is -2.22. The van der Waals surface area contributed by atoms with Crippen LogP contribution in [0.1, 0.15) is 55.8 Å². The average molecular weight is 317 g/mol. The molecule has 0 unspecified atom stereocenters. The molecule has 1 fully saturated rings. The minimum atomic E-state index is -0.377. The van der Waals surface area contributed by atoms with E-state index < -0.39 is 0 Å². The van der Waals surface area contributed by atoms with E-state index in [0.29, 0.717) is 23.6 Å². The van der Waals surface area contributed by atoms with Crippen molar-refractivity contribution in [2.24, 2.45) is 5.92 Å². The summed E-state index contributed by atoms with van der Waals surface area (Å²) in [6, 6.07) is 6.59. The van der Waals surface area contributed by atoms with Crippen LogP contribution in [-0.4, -0.2) is 24.3 Å². The molecule has 1 aliphatic rings. The molecule has 0 radical (unpaired) electrons. The third-order valence-electron chi connectivity index (χ3n) is 4.12. The Hall–Kier alpha value is -2.17. The van der Waals surface area contributed by atoms with Crippen molar-refractivity contribution < 1.29 is 19.1 Å². The number of hydrogen-bond donors (Lipinski definition) is 1. The lowest BCUT2D eigenvalue weighted by atomic mass is 9.87. The fraction of sp³-hybridized carbons (Fsp3) is 0.500. The summed E-state index contributed by atoms with van der Waals surface area (Å²) in [5.41, 5.74) is 1.16. The van der Waals surface area contributed by atoms with Gasteiger partial charge in [0.2, 0.25) is 0 Å². The Balaban J connectivity index is 1.71. The van der Waals surface area contributed by atoms with Gasteiger partial charge in [-0.2, -0.15) is 0 Å². The van der Waals surface area contributed by atoms with Crippen molar-refractivity contribution in [2.75, 3.05) is 11.9 Å². The first-order valence-corrected chi connectivity index (χ1v) is 8.11. The molecule has 5 heteroatoms. The van der Waals surface area contributed by atoms with E-state index in [0.717, 1.165) is 12.8 Å². The van der Waals surface area contributed by atoms with Crippen molar-refractivity contribution in [1.29, 1.82) is 0 Å². The van der Waals surface area contributed by atoms with Crippen molar-refractivity contribution in [1.82, 2.24) is 0 Å². The number of carbonyl (C=O) groups is 3. The first-order valence-electron chi connectivity index (χ1n) is 8.11. The van der Waals surface area contributed by atoms with Gasteiger partial charge in [-0.05, 0) is 49.9 Å². The van der Waals surface area contributed by atoms with Crippen molar-refractivity contribution in [3.05, 3.63) is 29.8 Å². The molecule has 1 saturated carbocycles. The third kappa shape index (κ3) is 5.85. The van der Waals surface area contributed by atoms with Crippen LogP contribution in [0.4, 0.5) is 5.69 Å². The van der Waals surface area contributed by atoms with Crippen LogP contribution in [-0.2, 0) is 14.3 Å². The molecule has 5 nitrogen and oxygen atoms in total. The number of hydrogen-bond acceptors (Lipinski definition) is 4. The van der Waals surface area contributed by atoms with Crippen LogP contribution in [0, 0.1) is 5.92 Å². The van der Waals surface area contributed by atoms with E-state index in [-0.39, 0.29) is 24.3 Å². The zero-order valence-electron chi connectivity index (χ0n) is 13.5. The van der Waals surface area contributed by atoms with Gasteiger partial charge >= 0.3 is 5.97 Å². The van der Waals surface area contributed by atoms with Gasteiger partial charge in [0, 0.05) is 17.7 Å². The second-order valence-corrected chi connectivity index (χ2v) is 6.05. The number of carbonyl (C=O) groups excluding carboxylic acids is 3. The second kappa shape index (κ2) is 8.46. The molecule has 0 saturated heterocycles. The Labute approximate surface area is 136 Å². The Morgan fingerprint density at radius 2 is 1.74 bits per heavy atom. The molecule has 1 amide bonds. The number of benzene rings is 1. The van der Waals surface area contributed by atoms with Crippen molar-refractivity contribution in [2.45, 2.75) is 45.4 Å². The van der Waals surface area contributed by atoms with Gasteiger partial charge in [0.25, 0.3) is 5.91 Å². The molecule has 1 N–H and O–H groups in total. The van der Waals surface area contributed by atoms with Crippen LogP contribution in [0.15, 0.2) is 24.3 Å². The Morgan fingerprint density at radius 1 is 1.09 bits per heavy atom. The maximum Gasteiger partial charge on any atom is 0.306 e. The largest absolute Gasteiger partial charge is 0.456 e. The molecule has 124 valence electrons. The highest BCUT2D eigenvalue weighted by Crippen LogP contribution is 2.26. The fourth-order valence-corrected chi connectivity index (χ4v) is 2.82. The molecule has 0 atom stereocenters. The number of Topliss-reactive ketones (excluding diaryl/α,β-unsaturated/α-hetero) is 1. The van der Waals surface area contributed by atoms with Crippen molar-refractivity contribution in [3.8, 4) is 0 Å². The molecule has 0 aliphatic heterocycles. The summed E-state index contributed by atoms with van der Waals surface area (Å²) < 4.78 is 5.04. The van der Waals surface area contributed by atoms with Crippen LogP contribution in [0.5, 0.6) is 0 Å². The number of ether oxygens (including phenoxy) is 1. The molecular weight excluding hydrogens is 294 g/mol. The summed E-state index contributed by atoms with van der Waals surface area (Å²) in [6.07, 6.45) is 6.15. The Morgan fingerprint density at radius 3 is 2.35 bits per heavy atom. The molecule has 1 aliphatic carbocycles. The summed E-state index contributed by atoms with van der Waals surface area (Å²) in [7, 11) is 0. The van der Waals surface area contributed by atoms with Crippen LogP contribution >= 0.6 is 0 Å². The Kier molecular flexibility index (Phi) is 6.32. The molecule has 23 heavy (non-hydrogen) atoms. The smallest absolute Gasteiger partial charge is 0.306 e. The number of ketones is 1. The van der Waals surface area contributed by atoms with Crippen LogP contribution < -0.4 is 5.32 Å². The molecule has 1 aromatic rings. The number of amides is 1. The first kappa shape index (κ1) is 17.2. The standard InChI is InChI=1S/C18H23NO4/c1-13(20)15-7-9-16(10-8-15)19-17(21)12-23-18(22)11-14-5-3-2-4-6-14/h7-10,14H,2-6,11-12H2,1H3,(H,19,21). The highest BCUT2D eigenvalue weighted by Gasteiger charge is 2.18. The summed E-state index contributed by atoms with van der Waals surface area (Å²) in [6.45, 7) is 1.21. The zero-order chi connectivity index (χ0) is 16.7. The van der Waals surface area contributed by atoms with Gasteiger partial charge in [-0.25, -0.2) is 0 Å². The van der Waals surface area contributed by atoms with E-state index in [2.05, 4.69) is 5.32 Å². The van der Waals surface area contributed by atoms with E-state index in [1.165, 1.54) is 26.2 Å². The minimum absolute atomic E-state index is 0.0282. The van der Waals surface area contributed by atoms with Gasteiger partial charge in [0.05, 0.1) is 0 Å². The lowest BCUT2D eigenvalue weighted by Gasteiger charge is -2.20. The summed E-state index contributed by atoms with van der Waals surface area (Å²) in [5.74, 6) is -0.311. The number of nitrogens with one attached hydrogen (secondary N) is 1. The maximum atomic E-state index is 11.8. The molecule has 0 heterocycles. The summed E-state index contributed by atoms with van der Waals surface area (Å²) >= 11 is 0. The molecule has 0 bridgehead atoms. The first-order chi connectivity index (χ1) is 11.0. The van der Waals surface area contributed by atoms with E-state index in [9.17, 15) is 14.4 Å². The quantitative estimate of drug-likeness (QED) is 0.645. The van der Waals surface area contributed by atoms with Gasteiger partial charge in [0.15, 0.2) is 12.4 Å². The van der Waals surface area contributed by atoms with Gasteiger partial charge in [-0.1, -0.05) is 19.3 Å². The molecule has 1 aromatic carbocycles. The van der Waals surface area contributed by atoms with E-state index in [1.807, 2.05) is 0 Å². The van der Waals surface area contributed by atoms with Crippen LogP contribution in [0.3, 0.4) is 0 Å². The maximum absolute atomic E-state index is 11.8. The van der Waals surface area contributed by atoms with E-state index in [1.54, 1.807) is 24.3 Å². The zero-order valence-corrected chi connectivity index (χ0v) is 13.5. The van der Waals surface area contributed by atoms with Crippen molar-refractivity contribution >= 4 is 23.3 Å². The Bertz CT molecular complexity index is 559. The molecule has 2 rings (SSSR count). The SMILES string of the molecule is CC(=O)c1ccc(NC(=O)COC(=O)CC2CCCCC2)cc1. The summed E-state index contributed by atoms with van der Waals surface area (Å²) in [4.78, 5) is 34.7. The minimum Gasteiger partial charge on any atom is -0.456 e. The highest BCUT2D eigenvalue weighted by molar-refractivity contribution is 5.96. The number of rotatable bonds is 6. The topological polar surface area (TPSA) is 72.5 Å². The van der Waals surface area contributed by atoms with Crippen LogP contribution in [0.25, 0.3) is 0 Å². The number of esters is 1. The predicted molar refractivity (Wildman–Crippen MR) is 87.2 cm³/mol. The fourth-order valence-electron chi connectivity index (χ4n) is 2.82. The molecular formula is C18H23NO4. The van der Waals surface area contributed by atoms with Gasteiger partial charge in [0.1, 0.15) is 0 Å². The number of anilines is 1. The molecule has 0 spiro atoms.